The van der Waals surface area contributed by atoms with Gasteiger partial charge in [0, 0.05) is 16.7 Å². The second-order valence-electron chi connectivity index (χ2n) is 10.3. The Kier molecular flexibility index (Phi) is 5.33. The number of hydrogen-bond acceptors (Lipinski definition) is 6. The lowest BCUT2D eigenvalue weighted by molar-refractivity contribution is -0.180. The lowest BCUT2D eigenvalue weighted by atomic mass is 9.45. The summed E-state index contributed by atoms with van der Waals surface area (Å²) in [5, 5.41) is 22.8. The lowest BCUT2D eigenvalue weighted by Gasteiger charge is -2.60. The van der Waals surface area contributed by atoms with E-state index in [1.807, 2.05) is 6.08 Å². The normalized spacial score (nSPS) is 46.7. The maximum absolute atomic E-state index is 12.9. The second kappa shape index (κ2) is 7.17. The number of carbonyl (C=O) groups is 2. The molecule has 4 rings (SSSR count). The predicted octanol–water partition coefficient (Wildman–Crippen LogP) is 1.92. The van der Waals surface area contributed by atoms with Gasteiger partial charge in [-0.3, -0.25) is 14.1 Å². The molecule has 3 saturated carbocycles. The summed E-state index contributed by atoms with van der Waals surface area (Å²) in [7, 11) is -4.85. The van der Waals surface area contributed by atoms with Crippen LogP contribution in [0.15, 0.2) is 23.8 Å². The Labute approximate surface area is 181 Å². The maximum Gasteiger partial charge on any atom is 0.470 e. The Bertz CT molecular complexity index is 920. The summed E-state index contributed by atoms with van der Waals surface area (Å²) in [5.41, 5.74) is -2.19. The third-order valence-electron chi connectivity index (χ3n) is 8.79. The lowest BCUT2D eigenvalue weighted by Crippen LogP contribution is -2.62. The fraction of sp³-hybridized carbons (Fsp3) is 0.727. The molecule has 0 bridgehead atoms. The molecule has 31 heavy (non-hydrogen) atoms. The first kappa shape index (κ1) is 23.0. The highest BCUT2D eigenvalue weighted by Gasteiger charge is 2.68. The number of Topliss-reactive ketones (excluding diaryl/α,β-unsaturated/α-hetero) is 1. The third-order valence-corrected chi connectivity index (χ3v) is 9.26. The summed E-state index contributed by atoms with van der Waals surface area (Å²) >= 11 is 0. The van der Waals surface area contributed by atoms with E-state index in [0.717, 1.165) is 12.0 Å². The van der Waals surface area contributed by atoms with E-state index < -0.39 is 42.7 Å². The van der Waals surface area contributed by atoms with E-state index in [2.05, 4.69) is 18.4 Å². The van der Waals surface area contributed by atoms with Crippen molar-refractivity contribution in [2.45, 2.75) is 58.2 Å². The zero-order chi connectivity index (χ0) is 23.0. The van der Waals surface area contributed by atoms with Gasteiger partial charge >= 0.3 is 7.82 Å². The van der Waals surface area contributed by atoms with Gasteiger partial charge < -0.3 is 20.0 Å². The molecule has 4 N–H and O–H groups in total. The van der Waals surface area contributed by atoms with Gasteiger partial charge in [-0.25, -0.2) is 4.57 Å². The number of phosphoric acid groups is 1. The minimum absolute atomic E-state index is 0.0354. The van der Waals surface area contributed by atoms with Gasteiger partial charge in [-0.2, -0.15) is 0 Å². The minimum atomic E-state index is -4.85. The zero-order valence-electron chi connectivity index (χ0n) is 18.0. The molecule has 0 amide bonds. The second-order valence-corrected chi connectivity index (χ2v) is 11.6. The largest absolute Gasteiger partial charge is 0.470 e. The van der Waals surface area contributed by atoms with Crippen LogP contribution in [0.25, 0.3) is 0 Å². The molecule has 1 unspecified atom stereocenters. The van der Waals surface area contributed by atoms with Gasteiger partial charge in [0.1, 0.15) is 12.2 Å². The van der Waals surface area contributed by atoms with E-state index in [4.69, 9.17) is 9.79 Å². The van der Waals surface area contributed by atoms with Crippen LogP contribution in [0.4, 0.5) is 0 Å². The summed E-state index contributed by atoms with van der Waals surface area (Å²) in [6, 6.07) is 0. The molecule has 0 aromatic heterocycles. The van der Waals surface area contributed by atoms with Crippen molar-refractivity contribution in [3.8, 4) is 0 Å². The highest BCUT2D eigenvalue weighted by molar-refractivity contribution is 7.46. The van der Waals surface area contributed by atoms with Crippen LogP contribution in [-0.4, -0.2) is 49.9 Å². The maximum atomic E-state index is 12.9. The quantitative estimate of drug-likeness (QED) is 0.472. The van der Waals surface area contributed by atoms with Crippen molar-refractivity contribution in [3.63, 3.8) is 0 Å². The molecular weight excluding hydrogens is 423 g/mol. The molecule has 0 aliphatic heterocycles. The van der Waals surface area contributed by atoms with Gasteiger partial charge in [-0.15, -0.1) is 0 Å². The van der Waals surface area contributed by atoms with E-state index in [9.17, 15) is 24.4 Å². The summed E-state index contributed by atoms with van der Waals surface area (Å²) in [5.74, 6) is -0.826. The molecule has 0 radical (unpaired) electrons. The Balaban J connectivity index is 1.68. The number of phosphoric ester groups is 1. The van der Waals surface area contributed by atoms with E-state index in [1.54, 1.807) is 19.1 Å². The smallest absolute Gasteiger partial charge is 0.393 e. The van der Waals surface area contributed by atoms with E-state index in [1.165, 1.54) is 0 Å². The van der Waals surface area contributed by atoms with Crippen molar-refractivity contribution in [2.24, 2.45) is 34.5 Å². The fourth-order valence-corrected chi connectivity index (χ4v) is 7.76. The molecule has 8 atom stereocenters. The Morgan fingerprint density at radius 3 is 2.65 bits per heavy atom. The van der Waals surface area contributed by atoms with Crippen LogP contribution in [0.1, 0.15) is 46.5 Å². The fourth-order valence-electron chi connectivity index (χ4n) is 7.47. The first-order valence-corrected chi connectivity index (χ1v) is 12.3. The molecule has 9 heteroatoms. The SMILES string of the molecule is C[C@H]1C[C@@H]2[C@H](C(O)C[C@@]3(C)[C@H]2CC[C@]3(O)C(=O)COP(=O)(O)O)[C@@]2(C)C=CC(=O)C=C12. The Morgan fingerprint density at radius 2 is 2.00 bits per heavy atom. The zero-order valence-corrected chi connectivity index (χ0v) is 18.9. The van der Waals surface area contributed by atoms with Crippen LogP contribution < -0.4 is 0 Å². The average Bonchev–Trinajstić information content (AvgIpc) is 2.92. The van der Waals surface area contributed by atoms with Crippen molar-refractivity contribution in [1.82, 2.24) is 0 Å². The molecule has 0 aromatic carbocycles. The summed E-state index contributed by atoms with van der Waals surface area (Å²) < 4.78 is 15.4. The van der Waals surface area contributed by atoms with Gasteiger partial charge in [-0.05, 0) is 55.6 Å². The Hall–Kier alpha value is -1.15. The molecular formula is C22H31O8P. The van der Waals surface area contributed by atoms with Gasteiger partial charge in [-0.1, -0.05) is 32.4 Å². The highest BCUT2D eigenvalue weighted by Crippen LogP contribution is 2.67. The first-order valence-electron chi connectivity index (χ1n) is 10.8. The van der Waals surface area contributed by atoms with Crippen molar-refractivity contribution in [3.05, 3.63) is 23.8 Å². The van der Waals surface area contributed by atoms with Gasteiger partial charge in [0.05, 0.1) is 6.10 Å². The predicted molar refractivity (Wildman–Crippen MR) is 111 cm³/mol. The molecule has 0 spiro atoms. The third kappa shape index (κ3) is 3.35. The highest BCUT2D eigenvalue weighted by atomic mass is 31.2. The first-order chi connectivity index (χ1) is 14.2. The van der Waals surface area contributed by atoms with Crippen molar-refractivity contribution in [2.75, 3.05) is 6.61 Å². The van der Waals surface area contributed by atoms with Crippen LogP contribution in [-0.2, 0) is 18.7 Å². The number of carbonyl (C=O) groups excluding carboxylic acids is 2. The van der Waals surface area contributed by atoms with Gasteiger partial charge in [0.25, 0.3) is 0 Å². The molecule has 3 fully saturated rings. The van der Waals surface area contributed by atoms with Crippen LogP contribution in [0, 0.1) is 34.5 Å². The number of fused-ring (bicyclic) bond motifs is 5. The standard InChI is InChI=1S/C22H31O8P/c1-12-8-14-15-5-7-22(26,18(25)11-30-31(27,28)29)21(15,3)10-17(24)19(14)20(2)6-4-13(23)9-16(12)20/h4,6,9,12,14-15,17,19,24,26H,5,7-8,10-11H2,1-3H3,(H2,27,28,29)/t12-,14-,15-,17?,19+,20-,21-,22-/m0/s1. The summed E-state index contributed by atoms with van der Waals surface area (Å²) in [6.07, 6.45) is 6.03. The van der Waals surface area contributed by atoms with E-state index in [0.29, 0.717) is 6.42 Å². The molecule has 0 saturated heterocycles. The van der Waals surface area contributed by atoms with Gasteiger partial charge in [0.2, 0.25) is 0 Å². The molecule has 4 aliphatic rings. The monoisotopic (exact) mass is 454 g/mol. The number of hydrogen-bond donors (Lipinski definition) is 4. The van der Waals surface area contributed by atoms with Gasteiger partial charge in [0.15, 0.2) is 11.6 Å². The molecule has 172 valence electrons. The van der Waals surface area contributed by atoms with E-state index >= 15 is 0 Å². The van der Waals surface area contributed by atoms with Crippen molar-refractivity contribution < 1.29 is 38.7 Å². The molecule has 0 aromatic rings. The van der Waals surface area contributed by atoms with Crippen LogP contribution in [0.5, 0.6) is 0 Å². The summed E-state index contributed by atoms with van der Waals surface area (Å²) in [6.45, 7) is 5.06. The van der Waals surface area contributed by atoms with Crippen LogP contribution in [0.3, 0.4) is 0 Å². The summed E-state index contributed by atoms with van der Waals surface area (Å²) in [4.78, 5) is 42.8. The van der Waals surface area contributed by atoms with Crippen LogP contribution in [0.2, 0.25) is 0 Å². The number of rotatable bonds is 4. The number of ketones is 2. The molecule has 8 nitrogen and oxygen atoms in total. The minimum Gasteiger partial charge on any atom is -0.393 e. The average molecular weight is 454 g/mol. The van der Waals surface area contributed by atoms with E-state index in [-0.39, 0.29) is 42.3 Å². The topological polar surface area (TPSA) is 141 Å². The molecule has 0 heterocycles. The van der Waals surface area contributed by atoms with Crippen molar-refractivity contribution in [1.29, 1.82) is 0 Å². The van der Waals surface area contributed by atoms with Crippen LogP contribution >= 0.6 is 7.82 Å². The number of allylic oxidation sites excluding steroid dienone is 4. The van der Waals surface area contributed by atoms with Crippen molar-refractivity contribution >= 4 is 19.4 Å². The molecule has 4 aliphatic carbocycles. The number of aliphatic hydroxyl groups is 2. The number of aliphatic hydroxyl groups excluding tert-OH is 1. The Morgan fingerprint density at radius 1 is 1.32 bits per heavy atom.